The Kier molecular flexibility index (Phi) is 23.0. The van der Waals surface area contributed by atoms with E-state index in [2.05, 4.69) is 76.5 Å². The van der Waals surface area contributed by atoms with Crippen molar-refractivity contribution in [1.29, 1.82) is 10.7 Å². The van der Waals surface area contributed by atoms with Crippen LogP contribution in [-0.2, 0) is 16.8 Å². The van der Waals surface area contributed by atoms with Gasteiger partial charge in [-0.05, 0) is 59.7 Å². The number of aromatic amines is 1. The summed E-state index contributed by atoms with van der Waals surface area (Å²) in [7, 11) is 0. The standard InChI is InChI=1S/3C7H9N7.C2H3N.2CH4.Co.HNO3.H2O/c3*1-4-3-5(2)14(13-4)7-11-9-6(8)10-12-7;1-2-3;;;;2-1(3)4;/h3*3H,1-2H3,(H2,8,9,10);1H3;2*1H4;;(H,2,3,4);1H2. The average Bonchev–Trinajstić information content (AvgIpc) is 3.68. The van der Waals surface area contributed by atoms with Crippen molar-refractivity contribution < 1.29 is 32.5 Å². The number of H-pyrrole nitrogens is 1. The molecule has 0 fully saturated rings. The summed E-state index contributed by atoms with van der Waals surface area (Å²) < 4.78 is 4.70. The van der Waals surface area contributed by atoms with E-state index >= 15 is 0 Å². The van der Waals surface area contributed by atoms with E-state index in [-0.39, 0.29) is 54.6 Å². The van der Waals surface area contributed by atoms with Crippen LogP contribution < -0.4 is 17.1 Å². The molecule has 53 heavy (non-hydrogen) atoms. The van der Waals surface area contributed by atoms with Gasteiger partial charge in [-0.15, -0.1) is 66.2 Å². The molecule has 0 saturated carbocycles. The summed E-state index contributed by atoms with van der Waals surface area (Å²) in [6.45, 7) is 12.8. The van der Waals surface area contributed by atoms with E-state index in [1.54, 1.807) is 20.1 Å². The van der Waals surface area contributed by atoms with Crippen LogP contribution in [0.5, 0.6) is 0 Å². The summed E-state index contributed by atoms with van der Waals surface area (Å²) in [5.41, 5.74) is 15.9. The Morgan fingerprint density at radius 1 is 0.717 bits per heavy atom. The van der Waals surface area contributed by atoms with Crippen molar-refractivity contribution in [3.63, 3.8) is 0 Å². The van der Waals surface area contributed by atoms with Crippen molar-refractivity contribution >= 4 is 11.9 Å². The molecular formula is C25H41CoN23O4. The number of nitrogens with two attached hydrogens (primary N) is 2. The number of aryl methyl sites for hydroxylation is 6. The zero-order chi connectivity index (χ0) is 36.7. The van der Waals surface area contributed by atoms with E-state index in [0.717, 1.165) is 34.2 Å². The van der Waals surface area contributed by atoms with E-state index in [1.807, 2.05) is 59.7 Å². The van der Waals surface area contributed by atoms with Crippen LogP contribution in [0.2, 0.25) is 0 Å². The van der Waals surface area contributed by atoms with Crippen LogP contribution in [-0.4, -0.2) is 106 Å². The second-order valence-electron chi connectivity index (χ2n) is 9.17. The van der Waals surface area contributed by atoms with Crippen LogP contribution in [0.15, 0.2) is 18.2 Å². The number of nitrogen functional groups attached to an aromatic ring is 2. The molecule has 1 radical (unpaired) electrons. The molecule has 0 spiro atoms. The number of aromatic nitrogens is 18. The molecule has 6 rings (SSSR count). The van der Waals surface area contributed by atoms with E-state index in [4.69, 9.17) is 37.5 Å². The topological polar surface area (TPSA) is 406 Å². The maximum atomic E-state index is 8.36. The molecule has 27 nitrogen and oxygen atoms in total. The molecule has 0 bridgehead atoms. The fourth-order valence-corrected chi connectivity index (χ4v) is 3.46. The van der Waals surface area contributed by atoms with E-state index in [0.29, 0.717) is 17.8 Å². The molecule has 0 aliphatic heterocycles. The maximum Gasteiger partial charge on any atom is 0.291 e. The third-order valence-corrected chi connectivity index (χ3v) is 5.07. The van der Waals surface area contributed by atoms with Gasteiger partial charge in [0.1, 0.15) is 0 Å². The predicted molar refractivity (Wildman–Crippen MR) is 181 cm³/mol. The van der Waals surface area contributed by atoms with E-state index in [1.165, 1.54) is 6.92 Å². The van der Waals surface area contributed by atoms with Crippen LogP contribution in [0.3, 0.4) is 0 Å². The fraction of sp³-hybridized carbons (Fsp3) is 0.360. The van der Waals surface area contributed by atoms with Gasteiger partial charge in [-0.25, -0.2) is 19.1 Å². The quantitative estimate of drug-likeness (QED) is 0.110. The Balaban J connectivity index is -0.000000628. The molecule has 6 aromatic rings. The summed E-state index contributed by atoms with van der Waals surface area (Å²) in [4.78, 5) is 8.36. The van der Waals surface area contributed by atoms with Gasteiger partial charge in [0.25, 0.3) is 40.4 Å². The molecule has 9 N–H and O–H groups in total. The summed E-state index contributed by atoms with van der Waals surface area (Å²) in [6, 6.07) is 7.50. The molecule has 28 heteroatoms. The molecule has 6 aromatic heterocycles. The van der Waals surface area contributed by atoms with Gasteiger partial charge >= 0.3 is 0 Å². The maximum absolute atomic E-state index is 8.36. The predicted octanol–water partition coefficient (Wildman–Crippen LogP) is -0.588. The third-order valence-electron chi connectivity index (χ3n) is 5.07. The first kappa shape index (κ1) is 50.4. The minimum Gasteiger partial charge on any atom is -0.412 e. The average molecular weight is 787 g/mol. The van der Waals surface area contributed by atoms with Gasteiger partial charge in [-0.1, -0.05) is 14.9 Å². The molecule has 0 unspecified atom stereocenters. The smallest absolute Gasteiger partial charge is 0.291 e. The van der Waals surface area contributed by atoms with Crippen LogP contribution in [0.25, 0.3) is 17.8 Å². The molecule has 0 aliphatic carbocycles. The first-order valence-corrected chi connectivity index (χ1v) is 13.4. The normalized spacial score (nSPS) is 8.87. The molecule has 0 atom stereocenters. The van der Waals surface area contributed by atoms with E-state index < -0.39 is 5.09 Å². The van der Waals surface area contributed by atoms with Gasteiger partial charge in [0, 0.05) is 40.8 Å². The van der Waals surface area contributed by atoms with Gasteiger partial charge in [0.05, 0.1) is 23.2 Å². The van der Waals surface area contributed by atoms with Gasteiger partial charge in [-0.3, -0.25) is 5.41 Å². The Morgan fingerprint density at radius 2 is 0.981 bits per heavy atom. The first-order valence-electron chi connectivity index (χ1n) is 13.4. The van der Waals surface area contributed by atoms with Gasteiger partial charge in [-0.2, -0.15) is 20.6 Å². The number of hydrogen-bond donors (Lipinski definition) is 5. The second-order valence-corrected chi connectivity index (χ2v) is 9.17. The van der Waals surface area contributed by atoms with Crippen LogP contribution in [0, 0.1) is 68.4 Å². The molecule has 0 saturated heterocycles. The van der Waals surface area contributed by atoms with Gasteiger partial charge < -0.3 is 22.2 Å². The molecule has 0 aliphatic rings. The Hall–Kier alpha value is -6.99. The first-order chi connectivity index (χ1) is 23.1. The molecule has 6 heterocycles. The van der Waals surface area contributed by atoms with Crippen molar-refractivity contribution in [3.05, 3.63) is 68.1 Å². The van der Waals surface area contributed by atoms with Gasteiger partial charge in [0.2, 0.25) is 0 Å². The van der Waals surface area contributed by atoms with E-state index in [9.17, 15) is 0 Å². The monoisotopic (exact) mass is 786 g/mol. The van der Waals surface area contributed by atoms with Crippen molar-refractivity contribution in [2.75, 3.05) is 11.5 Å². The van der Waals surface area contributed by atoms with Crippen molar-refractivity contribution in [2.45, 2.75) is 63.3 Å². The van der Waals surface area contributed by atoms with Crippen LogP contribution >= 0.6 is 0 Å². The Labute approximate surface area is 312 Å². The number of nitriles is 1. The zero-order valence-electron chi connectivity index (χ0n) is 28.0. The largest absolute Gasteiger partial charge is 0.412 e. The zero-order valence-corrected chi connectivity index (χ0v) is 29.0. The summed E-state index contributed by atoms with van der Waals surface area (Å²) in [6.07, 6.45) is 0. The number of anilines is 2. The number of hydrogen-bond acceptors (Lipinski definition) is 20. The van der Waals surface area contributed by atoms with Gasteiger partial charge in [0.15, 0.2) is 0 Å². The minimum absolute atomic E-state index is 0. The number of rotatable bonds is 3. The number of nitrogens with zero attached hydrogens (tertiary/aromatic N) is 19. The SMILES string of the molecule is C.C.CC#N.Cc1cc(C)n(-c2nnc(=N)[nH]n2)n1.Cc1cc(C)n(-c2nnc(N)nn2)n1.Cc1cc(C)n(-c2nnc(N)nn2)n1.O.O=[N+]([O-])O.[Co]. The number of nitrogens with one attached hydrogen (secondary N) is 2. The van der Waals surface area contributed by atoms with Crippen molar-refractivity contribution in [1.82, 2.24) is 90.5 Å². The Bertz CT molecular complexity index is 1940. The molecule has 0 aromatic carbocycles. The van der Waals surface area contributed by atoms with Crippen molar-refractivity contribution in [3.8, 4) is 23.9 Å². The molecule has 0 amide bonds. The molecule has 289 valence electrons. The third kappa shape index (κ3) is 16.5. The van der Waals surface area contributed by atoms with Crippen molar-refractivity contribution in [2.24, 2.45) is 0 Å². The summed E-state index contributed by atoms with van der Waals surface area (Å²) >= 11 is 0. The summed E-state index contributed by atoms with van der Waals surface area (Å²) in [5, 5.41) is 83.6. The van der Waals surface area contributed by atoms with Crippen LogP contribution in [0.4, 0.5) is 11.9 Å². The Morgan fingerprint density at radius 3 is 1.21 bits per heavy atom. The minimum atomic E-state index is -1.50. The molecular weight excluding hydrogens is 745 g/mol. The fourth-order valence-electron chi connectivity index (χ4n) is 3.46. The van der Waals surface area contributed by atoms with Crippen LogP contribution in [0.1, 0.15) is 55.9 Å². The second kappa shape index (κ2) is 24.2. The summed E-state index contributed by atoms with van der Waals surface area (Å²) in [5.74, 6) is 1.09.